The Morgan fingerprint density at radius 3 is 2.67 bits per heavy atom. The van der Waals surface area contributed by atoms with Crippen LogP contribution in [0, 0.1) is 6.92 Å². The average molecular weight is 334 g/mol. The van der Waals surface area contributed by atoms with E-state index in [0.29, 0.717) is 35.6 Å². The molecule has 0 radical (unpaired) electrons. The number of sulfonamides is 1. The minimum absolute atomic E-state index is 0.109. The van der Waals surface area contributed by atoms with Crippen LogP contribution in [0.15, 0.2) is 17.0 Å². The van der Waals surface area contributed by atoms with Gasteiger partial charge in [0.15, 0.2) is 0 Å². The lowest BCUT2D eigenvalue weighted by molar-refractivity contribution is -0.00475. The third kappa shape index (κ3) is 3.76. The van der Waals surface area contributed by atoms with Gasteiger partial charge in [0.05, 0.1) is 17.6 Å². The molecule has 1 aromatic rings. The summed E-state index contributed by atoms with van der Waals surface area (Å²) in [5, 5.41) is 9.57. The van der Waals surface area contributed by atoms with Gasteiger partial charge >= 0.3 is 0 Å². The fourth-order valence-electron chi connectivity index (χ4n) is 2.47. The van der Waals surface area contributed by atoms with Crippen molar-refractivity contribution in [3.8, 4) is 0 Å². The molecule has 0 bridgehead atoms. The molecule has 118 valence electrons. The Hall–Kier alpha value is -0.660. The van der Waals surface area contributed by atoms with Gasteiger partial charge in [0.2, 0.25) is 10.0 Å². The van der Waals surface area contributed by atoms with E-state index < -0.39 is 10.0 Å². The highest BCUT2D eigenvalue weighted by atomic mass is 35.5. The summed E-state index contributed by atoms with van der Waals surface area (Å²) in [7, 11) is -3.65. The van der Waals surface area contributed by atoms with Crippen molar-refractivity contribution in [2.24, 2.45) is 0 Å². The number of benzene rings is 1. The molecule has 0 saturated heterocycles. The second-order valence-electron chi connectivity index (χ2n) is 5.21. The maximum absolute atomic E-state index is 12.4. The molecule has 1 aliphatic rings. The molecule has 7 heteroatoms. The van der Waals surface area contributed by atoms with Crippen LogP contribution in [0.2, 0.25) is 5.02 Å². The standard InChI is InChI=1S/C14H20ClNO4S/c1-3-20-13-6-12(7-13)16-21(18,19)14-5-11(15)4-10(8-17)9(14)2/h4-5,12-13,16-17H,3,6-8H2,1-2H3. The zero-order valence-electron chi connectivity index (χ0n) is 12.1. The second-order valence-corrected chi connectivity index (χ2v) is 7.33. The van der Waals surface area contributed by atoms with Crippen molar-refractivity contribution in [1.29, 1.82) is 0 Å². The molecular formula is C14H20ClNO4S. The van der Waals surface area contributed by atoms with Gasteiger partial charge in [-0.2, -0.15) is 0 Å². The lowest BCUT2D eigenvalue weighted by atomic mass is 9.90. The molecule has 5 nitrogen and oxygen atoms in total. The van der Waals surface area contributed by atoms with Crippen molar-refractivity contribution in [2.45, 2.75) is 50.3 Å². The van der Waals surface area contributed by atoms with E-state index in [1.165, 1.54) is 6.07 Å². The van der Waals surface area contributed by atoms with Crippen LogP contribution in [0.1, 0.15) is 30.9 Å². The topological polar surface area (TPSA) is 75.6 Å². The molecule has 0 atom stereocenters. The smallest absolute Gasteiger partial charge is 0.241 e. The van der Waals surface area contributed by atoms with E-state index in [9.17, 15) is 13.5 Å². The number of aliphatic hydroxyl groups is 1. The highest BCUT2D eigenvalue weighted by Gasteiger charge is 2.33. The van der Waals surface area contributed by atoms with Crippen LogP contribution in [0.4, 0.5) is 0 Å². The first kappa shape index (κ1) is 16.7. The molecule has 2 N–H and O–H groups in total. The van der Waals surface area contributed by atoms with Crippen LogP contribution in [-0.2, 0) is 21.4 Å². The molecule has 2 rings (SSSR count). The molecule has 1 saturated carbocycles. The Kier molecular flexibility index (Phi) is 5.27. The first-order chi connectivity index (χ1) is 9.87. The molecule has 0 aliphatic heterocycles. The van der Waals surface area contributed by atoms with Gasteiger partial charge in [0.25, 0.3) is 0 Å². The maximum Gasteiger partial charge on any atom is 0.241 e. The number of aliphatic hydroxyl groups excluding tert-OH is 1. The zero-order valence-corrected chi connectivity index (χ0v) is 13.7. The van der Waals surface area contributed by atoms with Crippen molar-refractivity contribution in [2.75, 3.05) is 6.61 Å². The molecule has 0 amide bonds. The Bertz CT molecular complexity index is 612. The van der Waals surface area contributed by atoms with E-state index in [1.807, 2.05) is 6.92 Å². The summed E-state index contributed by atoms with van der Waals surface area (Å²) in [5.74, 6) is 0. The highest BCUT2D eigenvalue weighted by molar-refractivity contribution is 7.89. The second kappa shape index (κ2) is 6.62. The Labute approximate surface area is 130 Å². The van der Waals surface area contributed by atoms with Crippen molar-refractivity contribution in [3.05, 3.63) is 28.3 Å². The Morgan fingerprint density at radius 2 is 2.10 bits per heavy atom. The monoisotopic (exact) mass is 333 g/mol. The van der Waals surface area contributed by atoms with Crippen molar-refractivity contribution in [1.82, 2.24) is 4.72 Å². The van der Waals surface area contributed by atoms with Gasteiger partial charge < -0.3 is 9.84 Å². The van der Waals surface area contributed by atoms with Crippen molar-refractivity contribution >= 4 is 21.6 Å². The molecule has 0 spiro atoms. The summed E-state index contributed by atoms with van der Waals surface area (Å²) in [6.45, 7) is 3.98. The Morgan fingerprint density at radius 1 is 1.43 bits per heavy atom. The van der Waals surface area contributed by atoms with Crippen LogP contribution in [0.25, 0.3) is 0 Å². The van der Waals surface area contributed by atoms with Gasteiger partial charge in [-0.3, -0.25) is 0 Å². The minimum Gasteiger partial charge on any atom is -0.392 e. The fraction of sp³-hybridized carbons (Fsp3) is 0.571. The predicted molar refractivity (Wildman–Crippen MR) is 80.9 cm³/mol. The van der Waals surface area contributed by atoms with E-state index in [4.69, 9.17) is 16.3 Å². The lowest BCUT2D eigenvalue weighted by Gasteiger charge is -2.35. The van der Waals surface area contributed by atoms with Crippen molar-refractivity contribution in [3.63, 3.8) is 0 Å². The van der Waals surface area contributed by atoms with E-state index >= 15 is 0 Å². The number of rotatable bonds is 6. The van der Waals surface area contributed by atoms with Crippen LogP contribution < -0.4 is 4.72 Å². The summed E-state index contributed by atoms with van der Waals surface area (Å²) in [6.07, 6.45) is 1.50. The normalized spacial score (nSPS) is 22.1. The van der Waals surface area contributed by atoms with Gasteiger partial charge in [0.1, 0.15) is 0 Å². The third-order valence-corrected chi connectivity index (χ3v) is 5.58. The summed E-state index contributed by atoms with van der Waals surface area (Å²) < 4.78 is 33.0. The van der Waals surface area contributed by atoms with Crippen LogP contribution in [-0.4, -0.2) is 32.3 Å². The summed E-state index contributed by atoms with van der Waals surface area (Å²) in [5.41, 5.74) is 1.04. The number of hydrogen-bond donors (Lipinski definition) is 2. The number of nitrogens with one attached hydrogen (secondary N) is 1. The maximum atomic E-state index is 12.4. The van der Waals surface area contributed by atoms with Gasteiger partial charge in [-0.15, -0.1) is 0 Å². The molecule has 1 fully saturated rings. The van der Waals surface area contributed by atoms with E-state index in [1.54, 1.807) is 13.0 Å². The third-order valence-electron chi connectivity index (χ3n) is 3.71. The lowest BCUT2D eigenvalue weighted by Crippen LogP contribution is -2.47. The predicted octanol–water partition coefficient (Wildman–Crippen LogP) is 1.99. The SMILES string of the molecule is CCOC1CC(NS(=O)(=O)c2cc(Cl)cc(CO)c2C)C1. The van der Waals surface area contributed by atoms with Crippen LogP contribution >= 0.6 is 11.6 Å². The quantitative estimate of drug-likeness (QED) is 0.834. The first-order valence-electron chi connectivity index (χ1n) is 6.91. The van der Waals surface area contributed by atoms with Gasteiger partial charge in [-0.25, -0.2) is 13.1 Å². The highest BCUT2D eigenvalue weighted by Crippen LogP contribution is 2.28. The first-order valence-corrected chi connectivity index (χ1v) is 8.77. The minimum atomic E-state index is -3.65. The zero-order chi connectivity index (χ0) is 15.6. The summed E-state index contributed by atoms with van der Waals surface area (Å²) in [6, 6.07) is 2.88. The summed E-state index contributed by atoms with van der Waals surface area (Å²) >= 11 is 5.93. The number of halogens is 1. The number of ether oxygens (including phenoxy) is 1. The van der Waals surface area contributed by atoms with E-state index in [2.05, 4.69) is 4.72 Å². The van der Waals surface area contributed by atoms with Gasteiger partial charge in [0, 0.05) is 17.7 Å². The fourth-order valence-corrected chi connectivity index (χ4v) is 4.35. The Balaban J connectivity index is 2.15. The molecule has 0 aromatic heterocycles. The van der Waals surface area contributed by atoms with Crippen LogP contribution in [0.5, 0.6) is 0 Å². The van der Waals surface area contributed by atoms with Crippen molar-refractivity contribution < 1.29 is 18.3 Å². The van der Waals surface area contributed by atoms with Gasteiger partial charge in [-0.1, -0.05) is 11.6 Å². The average Bonchev–Trinajstić information content (AvgIpc) is 2.38. The largest absolute Gasteiger partial charge is 0.392 e. The number of hydrogen-bond acceptors (Lipinski definition) is 4. The van der Waals surface area contributed by atoms with E-state index in [-0.39, 0.29) is 23.6 Å². The molecule has 0 unspecified atom stereocenters. The molecular weight excluding hydrogens is 314 g/mol. The summed E-state index contributed by atoms with van der Waals surface area (Å²) in [4.78, 5) is 0.124. The molecule has 21 heavy (non-hydrogen) atoms. The molecule has 1 aromatic carbocycles. The molecule has 1 aliphatic carbocycles. The van der Waals surface area contributed by atoms with E-state index in [0.717, 1.165) is 0 Å². The molecule has 0 heterocycles. The van der Waals surface area contributed by atoms with Gasteiger partial charge in [-0.05, 0) is 49.9 Å². The van der Waals surface area contributed by atoms with Crippen LogP contribution in [0.3, 0.4) is 0 Å².